The molecule has 154 valence electrons. The summed E-state index contributed by atoms with van der Waals surface area (Å²) in [5, 5.41) is 9.25. The van der Waals surface area contributed by atoms with Crippen LogP contribution in [0.1, 0.15) is 28.4 Å². The van der Waals surface area contributed by atoms with Gasteiger partial charge in [0.2, 0.25) is 0 Å². The summed E-state index contributed by atoms with van der Waals surface area (Å²) in [4.78, 5) is 12.6. The number of benzene rings is 2. The van der Waals surface area contributed by atoms with E-state index in [0.29, 0.717) is 27.4 Å². The van der Waals surface area contributed by atoms with Crippen molar-refractivity contribution in [3.63, 3.8) is 0 Å². The molecule has 3 rings (SSSR count). The van der Waals surface area contributed by atoms with Crippen LogP contribution < -0.4 is 4.72 Å². The molecule has 0 radical (unpaired) electrons. The van der Waals surface area contributed by atoms with Crippen LogP contribution in [0.15, 0.2) is 53.4 Å². The predicted octanol–water partition coefficient (Wildman–Crippen LogP) is 5.09. The highest BCUT2D eigenvalue weighted by molar-refractivity contribution is 7.92. The molecule has 6 nitrogen and oxygen atoms in total. The molecule has 0 aliphatic heterocycles. The van der Waals surface area contributed by atoms with Gasteiger partial charge in [-0.15, -0.1) is 11.3 Å². The minimum absolute atomic E-state index is 0.0228. The first-order valence-electron chi connectivity index (χ1n) is 8.83. The number of nitrogens with one attached hydrogen (secondary N) is 1. The molecule has 2 aromatic carbocycles. The zero-order valence-corrected chi connectivity index (χ0v) is 18.5. The lowest BCUT2D eigenvalue weighted by molar-refractivity contribution is 0.0600. The van der Waals surface area contributed by atoms with E-state index in [9.17, 15) is 18.5 Å². The number of esters is 1. The molecule has 0 spiro atoms. The number of nitrogens with zero attached hydrogens (tertiary/aromatic N) is 1. The average Bonchev–Trinajstić information content (AvgIpc) is 3.18. The molecular formula is C21H17ClN2O4S2. The number of hydrogen-bond donors (Lipinski definition) is 1. The maximum atomic E-state index is 13.3. The maximum Gasteiger partial charge on any atom is 0.337 e. The number of aryl methyl sites for hydroxylation is 1. The minimum Gasteiger partial charge on any atom is -0.465 e. The Morgan fingerprint density at radius 2 is 1.97 bits per heavy atom. The van der Waals surface area contributed by atoms with Crippen molar-refractivity contribution in [3.8, 4) is 16.5 Å². The van der Waals surface area contributed by atoms with Crippen molar-refractivity contribution in [2.45, 2.75) is 18.2 Å². The number of hydrogen-bond acceptors (Lipinski definition) is 6. The fraction of sp³-hybridized carbons (Fsp3) is 0.143. The van der Waals surface area contributed by atoms with Gasteiger partial charge in [0.1, 0.15) is 0 Å². The van der Waals surface area contributed by atoms with Gasteiger partial charge in [-0.25, -0.2) is 13.2 Å². The first-order valence-corrected chi connectivity index (χ1v) is 11.5. The van der Waals surface area contributed by atoms with Crippen molar-refractivity contribution < 1.29 is 17.9 Å². The van der Waals surface area contributed by atoms with Gasteiger partial charge in [0.15, 0.2) is 0 Å². The van der Waals surface area contributed by atoms with Crippen molar-refractivity contribution in [2.24, 2.45) is 0 Å². The second-order valence-corrected chi connectivity index (χ2v) is 9.61. The molecule has 1 N–H and O–H groups in total. The van der Waals surface area contributed by atoms with E-state index in [1.165, 1.54) is 36.6 Å². The summed E-state index contributed by atoms with van der Waals surface area (Å²) in [5.41, 5.74) is 1.83. The number of sulfonamides is 1. The molecule has 0 fully saturated rings. The number of thiophene rings is 1. The standard InChI is InChI=1S/C21H17ClN2O4S2/c1-3-14-5-6-15(21(25)28-2)11-19(14)30(26,27)24-17-10-13(12-23)4-7-16(17)18-8-9-20(22)29-18/h4-11,24H,3H2,1-2H3. The lowest BCUT2D eigenvalue weighted by Crippen LogP contribution is -2.17. The maximum absolute atomic E-state index is 13.3. The zero-order chi connectivity index (χ0) is 21.9. The van der Waals surface area contributed by atoms with E-state index in [-0.39, 0.29) is 16.1 Å². The largest absolute Gasteiger partial charge is 0.465 e. The van der Waals surface area contributed by atoms with E-state index in [4.69, 9.17) is 16.3 Å². The van der Waals surface area contributed by atoms with Crippen LogP contribution in [-0.2, 0) is 21.2 Å². The number of methoxy groups -OCH3 is 1. The number of halogens is 1. The summed E-state index contributed by atoms with van der Waals surface area (Å²) in [6.07, 6.45) is 0.448. The number of anilines is 1. The van der Waals surface area contributed by atoms with Gasteiger partial charge in [0.25, 0.3) is 10.0 Å². The SMILES string of the molecule is CCc1ccc(C(=O)OC)cc1S(=O)(=O)Nc1cc(C#N)ccc1-c1ccc(Cl)s1. The fourth-order valence-corrected chi connectivity index (χ4v) is 5.40. The molecule has 0 saturated carbocycles. The lowest BCUT2D eigenvalue weighted by atomic mass is 10.1. The van der Waals surface area contributed by atoms with Crippen molar-refractivity contribution in [2.75, 3.05) is 11.8 Å². The molecule has 1 aromatic heterocycles. The van der Waals surface area contributed by atoms with Gasteiger partial charge in [-0.05, 0) is 48.4 Å². The van der Waals surface area contributed by atoms with Gasteiger partial charge in [-0.1, -0.05) is 30.7 Å². The monoisotopic (exact) mass is 460 g/mol. The highest BCUT2D eigenvalue weighted by Gasteiger charge is 2.22. The smallest absolute Gasteiger partial charge is 0.337 e. The van der Waals surface area contributed by atoms with Crippen LogP contribution >= 0.6 is 22.9 Å². The number of carbonyl (C=O) groups excluding carboxylic acids is 1. The molecule has 0 bridgehead atoms. The molecular weight excluding hydrogens is 444 g/mol. The van der Waals surface area contributed by atoms with Crippen molar-refractivity contribution in [3.05, 3.63) is 69.6 Å². The first kappa shape index (κ1) is 21.8. The van der Waals surface area contributed by atoms with E-state index in [1.807, 2.05) is 13.0 Å². The highest BCUT2D eigenvalue weighted by Crippen LogP contribution is 2.37. The van der Waals surface area contributed by atoms with Crippen LogP contribution in [0.25, 0.3) is 10.4 Å². The lowest BCUT2D eigenvalue weighted by Gasteiger charge is -2.15. The molecule has 0 amide bonds. The van der Waals surface area contributed by atoms with Gasteiger partial charge in [-0.2, -0.15) is 5.26 Å². The molecule has 0 atom stereocenters. The summed E-state index contributed by atoms with van der Waals surface area (Å²) in [6.45, 7) is 1.82. The van der Waals surface area contributed by atoms with Gasteiger partial charge >= 0.3 is 5.97 Å². The van der Waals surface area contributed by atoms with Gasteiger partial charge < -0.3 is 4.74 Å². The Labute approximate surface area is 183 Å². The second kappa shape index (κ2) is 8.88. The highest BCUT2D eigenvalue weighted by atomic mass is 35.5. The van der Waals surface area contributed by atoms with Crippen LogP contribution in [0, 0.1) is 11.3 Å². The quantitative estimate of drug-likeness (QED) is 0.517. The van der Waals surface area contributed by atoms with Crippen LogP contribution in [0.2, 0.25) is 4.34 Å². The molecule has 0 aliphatic rings. The fourth-order valence-electron chi connectivity index (χ4n) is 2.91. The Kier molecular flexibility index (Phi) is 6.46. The predicted molar refractivity (Wildman–Crippen MR) is 117 cm³/mol. The second-order valence-electron chi connectivity index (χ2n) is 6.25. The van der Waals surface area contributed by atoms with Gasteiger partial charge in [0.05, 0.1) is 39.2 Å². The topological polar surface area (TPSA) is 96.3 Å². The molecule has 0 unspecified atom stereocenters. The Morgan fingerprint density at radius 1 is 1.20 bits per heavy atom. The number of carbonyl (C=O) groups is 1. The summed E-state index contributed by atoms with van der Waals surface area (Å²) in [7, 11) is -2.83. The Hall–Kier alpha value is -2.86. The van der Waals surface area contributed by atoms with Gasteiger partial charge in [-0.3, -0.25) is 4.72 Å². The van der Waals surface area contributed by atoms with Crippen LogP contribution in [0.5, 0.6) is 0 Å². The third kappa shape index (κ3) is 4.49. The normalized spacial score (nSPS) is 11.0. The summed E-state index contributed by atoms with van der Waals surface area (Å²) < 4.78 is 34.4. The van der Waals surface area contributed by atoms with Crippen molar-refractivity contribution in [1.29, 1.82) is 5.26 Å². The summed E-state index contributed by atoms with van der Waals surface area (Å²) in [5.74, 6) is -0.630. The van der Waals surface area contributed by atoms with E-state index >= 15 is 0 Å². The van der Waals surface area contributed by atoms with Crippen molar-refractivity contribution in [1.82, 2.24) is 0 Å². The van der Waals surface area contributed by atoms with E-state index in [0.717, 1.165) is 4.88 Å². The minimum atomic E-state index is -4.06. The molecule has 1 heterocycles. The summed E-state index contributed by atoms with van der Waals surface area (Å²) in [6, 6.07) is 14.7. The average molecular weight is 461 g/mol. The van der Waals surface area contributed by atoms with E-state index < -0.39 is 16.0 Å². The zero-order valence-electron chi connectivity index (χ0n) is 16.1. The molecule has 0 aliphatic carbocycles. The van der Waals surface area contributed by atoms with Crippen molar-refractivity contribution >= 4 is 44.6 Å². The van der Waals surface area contributed by atoms with Crippen LogP contribution in [-0.4, -0.2) is 21.5 Å². The van der Waals surface area contributed by atoms with E-state index in [1.54, 1.807) is 30.3 Å². The molecule has 9 heteroatoms. The Bertz CT molecular complexity index is 1260. The molecule has 3 aromatic rings. The number of rotatable bonds is 6. The van der Waals surface area contributed by atoms with E-state index in [2.05, 4.69) is 4.72 Å². The Balaban J connectivity index is 2.12. The number of ether oxygens (including phenoxy) is 1. The van der Waals surface area contributed by atoms with Crippen LogP contribution in [0.4, 0.5) is 5.69 Å². The first-order chi connectivity index (χ1) is 14.3. The third-order valence-corrected chi connectivity index (χ3v) is 7.10. The van der Waals surface area contributed by atoms with Crippen LogP contribution in [0.3, 0.4) is 0 Å². The third-order valence-electron chi connectivity index (χ3n) is 4.39. The molecule has 0 saturated heterocycles. The summed E-state index contributed by atoms with van der Waals surface area (Å²) >= 11 is 7.33. The molecule has 30 heavy (non-hydrogen) atoms. The number of nitriles is 1. The van der Waals surface area contributed by atoms with Gasteiger partial charge in [0, 0.05) is 10.4 Å². The Morgan fingerprint density at radius 3 is 2.57 bits per heavy atom.